The van der Waals surface area contributed by atoms with Crippen molar-refractivity contribution in [3.8, 4) is 0 Å². The highest BCUT2D eigenvalue weighted by atomic mass is 31.2. The molecule has 260 valence electrons. The van der Waals surface area contributed by atoms with E-state index < -0.39 is 45.1 Å². The number of hydrogen-bond acceptors (Lipinski definition) is 8. The molecule has 0 aromatic heterocycles. The van der Waals surface area contributed by atoms with Crippen molar-refractivity contribution in [2.75, 3.05) is 26.4 Å². The number of allylic oxidation sites excluding steroid dienone is 2. The molecule has 0 amide bonds. The number of carbonyl (C=O) groups is 2. The summed E-state index contributed by atoms with van der Waals surface area (Å²) in [5.41, 5.74) is 5.31. The molecule has 0 aromatic rings. The molecule has 44 heavy (non-hydrogen) atoms. The maximum Gasteiger partial charge on any atom is 0.472 e. The number of esters is 1. The molecule has 10 nitrogen and oxygen atoms in total. The van der Waals surface area contributed by atoms with Gasteiger partial charge >= 0.3 is 19.8 Å². The number of hydrogen-bond donors (Lipinski definition) is 3. The number of unbranched alkanes of at least 4 members (excludes halogenated alkanes) is 17. The quantitative estimate of drug-likeness (QED) is 0.0274. The van der Waals surface area contributed by atoms with Crippen molar-refractivity contribution >= 4 is 19.8 Å². The van der Waals surface area contributed by atoms with E-state index in [0.717, 1.165) is 44.9 Å². The normalized spacial score (nSPS) is 14.5. The lowest BCUT2D eigenvalue weighted by Crippen LogP contribution is -2.34. The molecule has 3 atom stereocenters. The average molecular weight is 650 g/mol. The van der Waals surface area contributed by atoms with E-state index in [0.29, 0.717) is 13.0 Å². The third-order valence-corrected chi connectivity index (χ3v) is 8.25. The molecule has 0 aliphatic rings. The fourth-order valence-electron chi connectivity index (χ4n) is 4.54. The minimum atomic E-state index is -4.60. The summed E-state index contributed by atoms with van der Waals surface area (Å²) in [6.07, 6.45) is 27.1. The fourth-order valence-corrected chi connectivity index (χ4v) is 5.32. The van der Waals surface area contributed by atoms with Crippen LogP contribution < -0.4 is 5.73 Å². The lowest BCUT2D eigenvalue weighted by atomic mass is 10.1. The summed E-state index contributed by atoms with van der Waals surface area (Å²) in [7, 11) is -4.60. The predicted molar refractivity (Wildman–Crippen MR) is 175 cm³/mol. The van der Waals surface area contributed by atoms with Gasteiger partial charge in [0, 0.05) is 13.0 Å². The Hall–Kier alpha value is -1.29. The molecule has 0 fully saturated rings. The van der Waals surface area contributed by atoms with Gasteiger partial charge in [0.05, 0.1) is 19.8 Å². The summed E-state index contributed by atoms with van der Waals surface area (Å²) in [5.74, 6) is -1.78. The second-order valence-corrected chi connectivity index (χ2v) is 13.1. The summed E-state index contributed by atoms with van der Waals surface area (Å²) in [6, 6.07) is -1.47. The number of aliphatic carboxylic acids is 1. The molecule has 0 saturated carbocycles. The van der Waals surface area contributed by atoms with Gasteiger partial charge in [-0.15, -0.1) is 0 Å². The molecule has 11 heteroatoms. The van der Waals surface area contributed by atoms with E-state index in [-0.39, 0.29) is 13.0 Å². The van der Waals surface area contributed by atoms with Crippen LogP contribution in [0.1, 0.15) is 149 Å². The molecule has 0 aromatic carbocycles. The molecular formula is C33H64NO9P. The highest BCUT2D eigenvalue weighted by molar-refractivity contribution is 7.47. The molecule has 0 aliphatic heterocycles. The summed E-state index contributed by atoms with van der Waals surface area (Å²) in [5, 5.41) is 8.82. The van der Waals surface area contributed by atoms with Crippen LogP contribution in [-0.2, 0) is 32.7 Å². The number of nitrogens with two attached hydrogens (primary N) is 1. The maximum absolute atomic E-state index is 12.4. The van der Waals surface area contributed by atoms with Crippen LogP contribution >= 0.6 is 7.82 Å². The van der Waals surface area contributed by atoms with Gasteiger partial charge in [0.2, 0.25) is 0 Å². The Labute approximate surface area is 267 Å². The first-order valence-corrected chi connectivity index (χ1v) is 18.7. The first kappa shape index (κ1) is 42.7. The van der Waals surface area contributed by atoms with Gasteiger partial charge in [0.25, 0.3) is 0 Å². The zero-order chi connectivity index (χ0) is 32.7. The van der Waals surface area contributed by atoms with E-state index >= 15 is 0 Å². The van der Waals surface area contributed by atoms with Crippen molar-refractivity contribution in [2.45, 2.75) is 161 Å². The van der Waals surface area contributed by atoms with Gasteiger partial charge in [-0.1, -0.05) is 116 Å². The number of rotatable bonds is 33. The first-order chi connectivity index (χ1) is 21.2. The van der Waals surface area contributed by atoms with Crippen LogP contribution in [0.25, 0.3) is 0 Å². The number of carboxylic acid groups (broad SMARTS) is 1. The number of phosphoric acid groups is 1. The van der Waals surface area contributed by atoms with E-state index in [4.69, 9.17) is 24.8 Å². The first-order valence-electron chi connectivity index (χ1n) is 17.2. The van der Waals surface area contributed by atoms with Crippen LogP contribution in [0.5, 0.6) is 0 Å². The molecule has 0 spiro atoms. The van der Waals surface area contributed by atoms with Gasteiger partial charge in [-0.2, -0.15) is 0 Å². The molecule has 0 heterocycles. The molecule has 0 bridgehead atoms. The zero-order valence-corrected chi connectivity index (χ0v) is 28.7. The smallest absolute Gasteiger partial charge is 0.472 e. The number of carboxylic acids is 1. The Morgan fingerprint density at radius 1 is 0.705 bits per heavy atom. The lowest BCUT2D eigenvalue weighted by Gasteiger charge is -2.20. The number of carbonyl (C=O) groups excluding carboxylic acids is 1. The van der Waals surface area contributed by atoms with Crippen molar-refractivity contribution in [1.82, 2.24) is 0 Å². The monoisotopic (exact) mass is 649 g/mol. The fraction of sp³-hybridized carbons (Fsp3) is 0.879. The Balaban J connectivity index is 4.31. The highest BCUT2D eigenvalue weighted by Crippen LogP contribution is 2.43. The molecule has 0 aliphatic carbocycles. The van der Waals surface area contributed by atoms with Gasteiger partial charge in [0.15, 0.2) is 0 Å². The van der Waals surface area contributed by atoms with Crippen LogP contribution in [0.2, 0.25) is 0 Å². The Kier molecular flexibility index (Phi) is 29.5. The lowest BCUT2D eigenvalue weighted by molar-refractivity contribution is -0.154. The molecule has 4 N–H and O–H groups in total. The van der Waals surface area contributed by atoms with E-state index in [9.17, 15) is 19.0 Å². The molecule has 3 unspecified atom stereocenters. The van der Waals surface area contributed by atoms with E-state index in [1.54, 1.807) is 0 Å². The third-order valence-electron chi connectivity index (χ3n) is 7.29. The van der Waals surface area contributed by atoms with Gasteiger partial charge < -0.3 is 25.2 Å². The predicted octanol–water partition coefficient (Wildman–Crippen LogP) is 8.25. The van der Waals surface area contributed by atoms with E-state index in [1.165, 1.54) is 77.0 Å². The van der Waals surface area contributed by atoms with Gasteiger partial charge in [-0.25, -0.2) is 4.57 Å². The number of phosphoric ester groups is 1. The zero-order valence-electron chi connectivity index (χ0n) is 27.8. The minimum absolute atomic E-state index is 0.0165. The van der Waals surface area contributed by atoms with Crippen LogP contribution in [-0.4, -0.2) is 60.5 Å². The minimum Gasteiger partial charge on any atom is -0.480 e. The second-order valence-electron chi connectivity index (χ2n) is 11.6. The van der Waals surface area contributed by atoms with Crippen molar-refractivity contribution in [2.24, 2.45) is 5.73 Å². The maximum atomic E-state index is 12.4. The summed E-state index contributed by atoms with van der Waals surface area (Å²) < 4.78 is 33.0. The van der Waals surface area contributed by atoms with Crippen molar-refractivity contribution < 1.29 is 42.7 Å². The van der Waals surface area contributed by atoms with Crippen molar-refractivity contribution in [3.63, 3.8) is 0 Å². The van der Waals surface area contributed by atoms with Gasteiger partial charge in [0.1, 0.15) is 12.1 Å². The summed E-state index contributed by atoms with van der Waals surface area (Å²) in [4.78, 5) is 33.2. The Bertz CT molecular complexity index is 766. The Morgan fingerprint density at radius 3 is 1.75 bits per heavy atom. The second kappa shape index (κ2) is 30.4. The highest BCUT2D eigenvalue weighted by Gasteiger charge is 2.27. The van der Waals surface area contributed by atoms with Crippen LogP contribution in [0, 0.1) is 0 Å². The number of ether oxygens (including phenoxy) is 2. The third kappa shape index (κ3) is 29.4. The molecule has 0 rings (SSSR count). The largest absolute Gasteiger partial charge is 0.480 e. The Morgan fingerprint density at radius 2 is 1.18 bits per heavy atom. The van der Waals surface area contributed by atoms with E-state index in [2.05, 4.69) is 30.5 Å². The van der Waals surface area contributed by atoms with E-state index in [1.807, 2.05) is 0 Å². The molecule has 0 saturated heterocycles. The topological polar surface area (TPSA) is 155 Å². The SMILES string of the molecule is CCCCCC/C=C\CCCCCCCCOCC(COP(=O)(O)OCC(N)C(=O)O)OC(=O)CCCCCCCCCC. The van der Waals surface area contributed by atoms with Crippen LogP contribution in [0.4, 0.5) is 0 Å². The van der Waals surface area contributed by atoms with Crippen molar-refractivity contribution in [1.29, 1.82) is 0 Å². The average Bonchev–Trinajstić information content (AvgIpc) is 2.99. The van der Waals surface area contributed by atoms with Crippen LogP contribution in [0.15, 0.2) is 12.2 Å². The molecular weight excluding hydrogens is 585 g/mol. The van der Waals surface area contributed by atoms with Crippen molar-refractivity contribution in [3.05, 3.63) is 12.2 Å². The molecule has 0 radical (unpaired) electrons. The van der Waals surface area contributed by atoms with Gasteiger partial charge in [-0.05, 0) is 38.5 Å². The summed E-state index contributed by atoms with van der Waals surface area (Å²) >= 11 is 0. The van der Waals surface area contributed by atoms with Crippen LogP contribution in [0.3, 0.4) is 0 Å². The summed E-state index contributed by atoms with van der Waals surface area (Å²) in [6.45, 7) is 3.80. The standard InChI is InChI=1S/C33H64NO9P/c1-3-5-7-9-11-13-14-15-16-17-18-20-22-24-26-40-27-30(28-41-44(38,39)42-29-31(34)33(36)37)43-32(35)25-23-21-19-12-10-8-6-4-2/h13-14,30-31H,3-12,15-29,34H2,1-2H3,(H,36,37)(H,38,39)/b14-13-. The van der Waals surface area contributed by atoms with Gasteiger partial charge in [-0.3, -0.25) is 18.6 Å².